The largest absolute Gasteiger partial charge is 0.390 e. The van der Waals surface area contributed by atoms with Crippen molar-refractivity contribution in [3.63, 3.8) is 0 Å². The summed E-state index contributed by atoms with van der Waals surface area (Å²) >= 11 is 0. The molecule has 2 heterocycles. The molecule has 132 valence electrons. The van der Waals surface area contributed by atoms with E-state index in [1.807, 2.05) is 13.8 Å². The average Bonchev–Trinajstić information content (AvgIpc) is 2.46. The molecule has 0 aliphatic carbocycles. The fourth-order valence-corrected chi connectivity index (χ4v) is 2.05. The van der Waals surface area contributed by atoms with Gasteiger partial charge >= 0.3 is 11.9 Å². The van der Waals surface area contributed by atoms with Gasteiger partial charge in [0.1, 0.15) is 5.41 Å². The minimum atomic E-state index is -1.29. The molecule has 2 aliphatic heterocycles. The summed E-state index contributed by atoms with van der Waals surface area (Å²) in [4.78, 5) is 24.7. The number of esters is 2. The molecular weight excluding hydrogens is 304 g/mol. The maximum absolute atomic E-state index is 12.4. The van der Waals surface area contributed by atoms with E-state index in [1.165, 1.54) is 0 Å². The number of hydrogen-bond acceptors (Lipinski definition) is 7. The predicted octanol–water partition coefficient (Wildman–Crippen LogP) is 1.43. The van der Waals surface area contributed by atoms with Gasteiger partial charge in [0.05, 0.1) is 32.0 Å². The van der Waals surface area contributed by atoms with Crippen LogP contribution in [-0.2, 0) is 33.3 Å². The number of hydrogen-bond donors (Lipinski definition) is 0. The van der Waals surface area contributed by atoms with Gasteiger partial charge in [-0.3, -0.25) is 4.79 Å². The molecule has 2 saturated heterocycles. The summed E-state index contributed by atoms with van der Waals surface area (Å²) < 4.78 is 27.2. The van der Waals surface area contributed by atoms with Crippen LogP contribution in [0.4, 0.5) is 0 Å². The lowest BCUT2D eigenvalue weighted by Gasteiger charge is -2.41. The average molecular weight is 330 g/mol. The van der Waals surface area contributed by atoms with E-state index in [0.29, 0.717) is 0 Å². The fraction of sp³-hybridized carbons (Fsp3) is 0.875. The van der Waals surface area contributed by atoms with Gasteiger partial charge in [-0.2, -0.15) is 0 Å². The van der Waals surface area contributed by atoms with Gasteiger partial charge in [-0.15, -0.1) is 0 Å². The molecule has 1 unspecified atom stereocenters. The zero-order valence-electron chi connectivity index (χ0n) is 14.7. The quantitative estimate of drug-likeness (QED) is 0.559. The molecule has 0 radical (unpaired) electrons. The molecule has 0 bridgehead atoms. The van der Waals surface area contributed by atoms with E-state index in [1.54, 1.807) is 27.7 Å². The third-order valence-corrected chi connectivity index (χ3v) is 4.06. The second kappa shape index (κ2) is 5.81. The summed E-state index contributed by atoms with van der Waals surface area (Å²) in [6, 6.07) is 0. The van der Waals surface area contributed by atoms with Crippen molar-refractivity contribution < 1.29 is 33.3 Å². The van der Waals surface area contributed by atoms with Gasteiger partial charge in [-0.25, -0.2) is 4.79 Å². The molecule has 0 aromatic heterocycles. The maximum atomic E-state index is 12.4. The standard InChI is InChI=1S/C16H26O7/c1-13(2)7-22-16(6,10-19-13)12(18)23-11(17)15(5)8-20-14(3,4)21-9-15/h7-10H2,1-6H3. The van der Waals surface area contributed by atoms with E-state index in [4.69, 9.17) is 23.7 Å². The summed E-state index contributed by atoms with van der Waals surface area (Å²) in [6.45, 7) is 11.0. The van der Waals surface area contributed by atoms with E-state index in [9.17, 15) is 9.59 Å². The molecular formula is C16H26O7. The molecule has 1 atom stereocenters. The Hall–Kier alpha value is -1.02. The molecule has 2 fully saturated rings. The Bertz CT molecular complexity index is 431. The van der Waals surface area contributed by atoms with Crippen molar-refractivity contribution in [3.8, 4) is 0 Å². The van der Waals surface area contributed by atoms with Crippen LogP contribution >= 0.6 is 0 Å². The zero-order chi connectivity index (χ0) is 17.5. The number of carbonyl (C=O) groups is 2. The van der Waals surface area contributed by atoms with Crippen LogP contribution in [0.1, 0.15) is 41.5 Å². The highest BCUT2D eigenvalue weighted by atomic mass is 16.7. The molecule has 0 aromatic rings. The minimum absolute atomic E-state index is 0.0306. The minimum Gasteiger partial charge on any atom is -0.390 e. The smallest absolute Gasteiger partial charge is 0.348 e. The van der Waals surface area contributed by atoms with Gasteiger partial charge in [-0.1, -0.05) is 0 Å². The lowest BCUT2D eigenvalue weighted by molar-refractivity contribution is -0.282. The lowest BCUT2D eigenvalue weighted by atomic mass is 9.91. The predicted molar refractivity (Wildman–Crippen MR) is 79.6 cm³/mol. The van der Waals surface area contributed by atoms with Crippen molar-refractivity contribution in [3.05, 3.63) is 0 Å². The Kier molecular flexibility index (Phi) is 4.62. The Balaban J connectivity index is 1.96. The first kappa shape index (κ1) is 18.3. The second-order valence-corrected chi connectivity index (χ2v) is 7.78. The third kappa shape index (κ3) is 4.09. The normalized spacial score (nSPS) is 32.1. The lowest BCUT2D eigenvalue weighted by Crippen LogP contribution is -2.56. The van der Waals surface area contributed by atoms with Gasteiger partial charge in [-0.05, 0) is 41.5 Å². The number of ether oxygens (including phenoxy) is 5. The Morgan fingerprint density at radius 1 is 0.739 bits per heavy atom. The highest BCUT2D eigenvalue weighted by Crippen LogP contribution is 2.32. The first-order chi connectivity index (χ1) is 10.4. The van der Waals surface area contributed by atoms with Gasteiger partial charge in [0.2, 0.25) is 0 Å². The third-order valence-electron chi connectivity index (χ3n) is 4.06. The highest BCUT2D eigenvalue weighted by Gasteiger charge is 2.48. The van der Waals surface area contributed by atoms with Crippen LogP contribution in [0.5, 0.6) is 0 Å². The molecule has 2 rings (SSSR count). The molecule has 0 saturated carbocycles. The van der Waals surface area contributed by atoms with Crippen molar-refractivity contribution in [2.75, 3.05) is 26.4 Å². The van der Waals surface area contributed by atoms with E-state index < -0.39 is 34.3 Å². The van der Waals surface area contributed by atoms with Gasteiger partial charge in [0, 0.05) is 0 Å². The van der Waals surface area contributed by atoms with Gasteiger partial charge < -0.3 is 23.7 Å². The summed E-state index contributed by atoms with van der Waals surface area (Å²) in [5.74, 6) is -2.20. The molecule has 23 heavy (non-hydrogen) atoms. The highest BCUT2D eigenvalue weighted by molar-refractivity contribution is 5.92. The zero-order valence-corrected chi connectivity index (χ0v) is 14.7. The van der Waals surface area contributed by atoms with Crippen molar-refractivity contribution >= 4 is 11.9 Å². The summed E-state index contributed by atoms with van der Waals surface area (Å²) in [6.07, 6.45) is 0. The van der Waals surface area contributed by atoms with E-state index in [2.05, 4.69) is 0 Å². The summed E-state index contributed by atoms with van der Waals surface area (Å²) in [5.41, 5.74) is -2.79. The van der Waals surface area contributed by atoms with Crippen molar-refractivity contribution in [2.24, 2.45) is 5.41 Å². The van der Waals surface area contributed by atoms with Crippen LogP contribution in [-0.4, -0.2) is 55.4 Å². The van der Waals surface area contributed by atoms with Crippen LogP contribution in [0.3, 0.4) is 0 Å². The number of rotatable bonds is 2. The maximum Gasteiger partial charge on any atom is 0.348 e. The first-order valence-electron chi connectivity index (χ1n) is 7.70. The van der Waals surface area contributed by atoms with E-state index in [0.717, 1.165) is 0 Å². The van der Waals surface area contributed by atoms with Crippen molar-refractivity contribution in [2.45, 2.75) is 58.5 Å². The number of carbonyl (C=O) groups excluding carboxylic acids is 2. The molecule has 0 amide bonds. The summed E-state index contributed by atoms with van der Waals surface area (Å²) in [5, 5.41) is 0. The van der Waals surface area contributed by atoms with Crippen LogP contribution in [0.15, 0.2) is 0 Å². The van der Waals surface area contributed by atoms with E-state index >= 15 is 0 Å². The fourth-order valence-electron chi connectivity index (χ4n) is 2.05. The summed E-state index contributed by atoms with van der Waals surface area (Å²) in [7, 11) is 0. The molecule has 7 nitrogen and oxygen atoms in total. The second-order valence-electron chi connectivity index (χ2n) is 7.78. The Morgan fingerprint density at radius 2 is 1.30 bits per heavy atom. The van der Waals surface area contributed by atoms with Crippen LogP contribution in [0, 0.1) is 5.41 Å². The van der Waals surface area contributed by atoms with Crippen molar-refractivity contribution in [1.82, 2.24) is 0 Å². The topological polar surface area (TPSA) is 80.3 Å². The van der Waals surface area contributed by atoms with Crippen LogP contribution in [0.2, 0.25) is 0 Å². The monoisotopic (exact) mass is 330 g/mol. The molecule has 0 aromatic carbocycles. The SMILES string of the molecule is CC1(C)COC(C)(C(=O)OC(=O)C2(C)COC(C)(C)OC2)CO1. The molecule has 0 spiro atoms. The van der Waals surface area contributed by atoms with Gasteiger partial charge in [0.15, 0.2) is 11.4 Å². The van der Waals surface area contributed by atoms with Crippen LogP contribution in [0.25, 0.3) is 0 Å². The van der Waals surface area contributed by atoms with E-state index in [-0.39, 0.29) is 26.4 Å². The molecule has 2 aliphatic rings. The Labute approximate surface area is 136 Å². The van der Waals surface area contributed by atoms with Crippen LogP contribution < -0.4 is 0 Å². The molecule has 0 N–H and O–H groups in total. The Morgan fingerprint density at radius 3 is 1.78 bits per heavy atom. The molecule has 7 heteroatoms. The van der Waals surface area contributed by atoms with Gasteiger partial charge in [0.25, 0.3) is 0 Å². The first-order valence-corrected chi connectivity index (χ1v) is 7.70. The van der Waals surface area contributed by atoms with Crippen molar-refractivity contribution in [1.29, 1.82) is 0 Å².